The third kappa shape index (κ3) is 1.76. The zero-order chi connectivity index (χ0) is 12.9. The highest BCUT2D eigenvalue weighted by Gasteiger charge is 2.44. The number of carbonyl (C=O) groups excluding carboxylic acids is 1. The van der Waals surface area contributed by atoms with Gasteiger partial charge in [-0.25, -0.2) is 4.79 Å². The summed E-state index contributed by atoms with van der Waals surface area (Å²) in [7, 11) is 0. The van der Waals surface area contributed by atoms with E-state index < -0.39 is 11.9 Å². The van der Waals surface area contributed by atoms with E-state index in [0.717, 1.165) is 19.4 Å². The average Bonchev–Trinajstić information content (AvgIpc) is 3.01. The van der Waals surface area contributed by atoms with Crippen molar-refractivity contribution < 1.29 is 14.7 Å². The number of urea groups is 1. The number of fused-ring (bicyclic) bond motifs is 2. The number of hydrogen-bond donors (Lipinski definition) is 1. The van der Waals surface area contributed by atoms with Gasteiger partial charge in [-0.05, 0) is 31.1 Å². The molecule has 0 aromatic heterocycles. The molecule has 5 heteroatoms. The molecule has 4 atom stereocenters. The predicted octanol–water partition coefficient (Wildman–Crippen LogP) is 1.24. The summed E-state index contributed by atoms with van der Waals surface area (Å²) < 4.78 is 0. The maximum atomic E-state index is 12.4. The van der Waals surface area contributed by atoms with Crippen LogP contribution in [0.2, 0.25) is 0 Å². The summed E-state index contributed by atoms with van der Waals surface area (Å²) in [5.41, 5.74) is 0. The third-order valence-electron chi connectivity index (χ3n) is 4.85. The van der Waals surface area contributed by atoms with Gasteiger partial charge in [0.25, 0.3) is 0 Å². The van der Waals surface area contributed by atoms with Crippen LogP contribution in [0.25, 0.3) is 0 Å². The van der Waals surface area contributed by atoms with Gasteiger partial charge in [-0.1, -0.05) is 6.92 Å². The van der Waals surface area contributed by atoms with E-state index in [1.807, 2.05) is 11.8 Å². The Morgan fingerprint density at radius 1 is 1.17 bits per heavy atom. The van der Waals surface area contributed by atoms with Gasteiger partial charge < -0.3 is 14.9 Å². The molecule has 5 nitrogen and oxygen atoms in total. The van der Waals surface area contributed by atoms with Crippen molar-refractivity contribution in [3.8, 4) is 0 Å². The van der Waals surface area contributed by atoms with E-state index in [9.17, 15) is 9.59 Å². The standard InChI is InChI=1S/C13H20N2O3/c1-8-5-14(7-11(8)12(16)17)13(18)15-6-9-2-3-10(15)4-9/h8-11H,2-7H2,1H3,(H,16,17)/t8-,9?,10?,11-/m1/s1. The normalized spacial score (nSPS) is 38.5. The van der Waals surface area contributed by atoms with E-state index in [-0.39, 0.29) is 11.9 Å². The molecule has 18 heavy (non-hydrogen) atoms. The molecule has 2 bridgehead atoms. The Hall–Kier alpha value is -1.26. The number of aliphatic carboxylic acids is 1. The van der Waals surface area contributed by atoms with Gasteiger partial charge in [0.05, 0.1) is 5.92 Å². The highest BCUT2D eigenvalue weighted by molar-refractivity contribution is 5.78. The zero-order valence-corrected chi connectivity index (χ0v) is 10.7. The molecule has 2 amide bonds. The molecule has 3 fully saturated rings. The number of piperidine rings is 1. The minimum Gasteiger partial charge on any atom is -0.481 e. The number of nitrogens with zero attached hydrogens (tertiary/aromatic N) is 2. The van der Waals surface area contributed by atoms with E-state index in [1.165, 1.54) is 6.42 Å². The summed E-state index contributed by atoms with van der Waals surface area (Å²) in [4.78, 5) is 27.2. The van der Waals surface area contributed by atoms with Crippen LogP contribution in [0.4, 0.5) is 4.79 Å². The summed E-state index contributed by atoms with van der Waals surface area (Å²) in [6.45, 7) is 3.77. The number of carboxylic acid groups (broad SMARTS) is 1. The van der Waals surface area contributed by atoms with Gasteiger partial charge in [0.1, 0.15) is 0 Å². The summed E-state index contributed by atoms with van der Waals surface area (Å²) >= 11 is 0. The highest BCUT2D eigenvalue weighted by Crippen LogP contribution is 2.38. The molecular weight excluding hydrogens is 232 g/mol. The molecular formula is C13H20N2O3. The molecule has 1 saturated carbocycles. The Morgan fingerprint density at radius 3 is 2.44 bits per heavy atom. The summed E-state index contributed by atoms with van der Waals surface area (Å²) in [6.07, 6.45) is 3.53. The van der Waals surface area contributed by atoms with Crippen molar-refractivity contribution in [3.63, 3.8) is 0 Å². The van der Waals surface area contributed by atoms with Crippen molar-refractivity contribution in [1.82, 2.24) is 9.80 Å². The molecule has 100 valence electrons. The molecule has 2 heterocycles. The summed E-state index contributed by atoms with van der Waals surface area (Å²) in [5, 5.41) is 9.10. The van der Waals surface area contributed by atoms with Crippen molar-refractivity contribution >= 4 is 12.0 Å². The first-order valence-electron chi connectivity index (χ1n) is 6.84. The first-order chi connectivity index (χ1) is 8.56. The molecule has 2 saturated heterocycles. The van der Waals surface area contributed by atoms with Crippen LogP contribution in [0.15, 0.2) is 0 Å². The average molecular weight is 252 g/mol. The van der Waals surface area contributed by atoms with Crippen LogP contribution in [0.3, 0.4) is 0 Å². The minimum atomic E-state index is -0.777. The quantitative estimate of drug-likeness (QED) is 0.764. The number of carboxylic acids is 1. The largest absolute Gasteiger partial charge is 0.481 e. The second-order valence-corrected chi connectivity index (χ2v) is 6.09. The van der Waals surface area contributed by atoms with Gasteiger partial charge >= 0.3 is 12.0 Å². The highest BCUT2D eigenvalue weighted by atomic mass is 16.4. The fraction of sp³-hybridized carbons (Fsp3) is 0.846. The molecule has 1 N–H and O–H groups in total. The monoisotopic (exact) mass is 252 g/mol. The number of hydrogen-bond acceptors (Lipinski definition) is 2. The molecule has 0 aromatic rings. The molecule has 2 aliphatic heterocycles. The fourth-order valence-electron chi connectivity index (χ4n) is 3.79. The van der Waals surface area contributed by atoms with E-state index in [4.69, 9.17) is 5.11 Å². The third-order valence-corrected chi connectivity index (χ3v) is 4.85. The van der Waals surface area contributed by atoms with Crippen molar-refractivity contribution in [2.45, 2.75) is 32.2 Å². The smallest absolute Gasteiger partial charge is 0.320 e. The molecule has 0 radical (unpaired) electrons. The molecule has 0 aromatic carbocycles. The first kappa shape index (κ1) is 11.8. The maximum absolute atomic E-state index is 12.4. The van der Waals surface area contributed by atoms with Crippen LogP contribution in [0, 0.1) is 17.8 Å². The lowest BCUT2D eigenvalue weighted by Crippen LogP contribution is -2.46. The van der Waals surface area contributed by atoms with E-state index in [2.05, 4.69) is 0 Å². The number of amides is 2. The van der Waals surface area contributed by atoms with Crippen LogP contribution in [-0.2, 0) is 4.79 Å². The van der Waals surface area contributed by atoms with Crippen molar-refractivity contribution in [2.24, 2.45) is 17.8 Å². The SMILES string of the molecule is C[C@@H]1CN(C(=O)N2CC3CCC2C3)C[C@H]1C(=O)O. The summed E-state index contributed by atoms with van der Waals surface area (Å²) in [5.74, 6) is -0.421. The van der Waals surface area contributed by atoms with Crippen LogP contribution in [-0.4, -0.2) is 52.6 Å². The van der Waals surface area contributed by atoms with Gasteiger partial charge in [-0.2, -0.15) is 0 Å². The Balaban J connectivity index is 1.66. The van der Waals surface area contributed by atoms with Crippen LogP contribution >= 0.6 is 0 Å². The maximum Gasteiger partial charge on any atom is 0.320 e. The second kappa shape index (κ2) is 4.14. The predicted molar refractivity (Wildman–Crippen MR) is 65.1 cm³/mol. The van der Waals surface area contributed by atoms with Gasteiger partial charge in [0, 0.05) is 25.7 Å². The number of rotatable bonds is 1. The fourth-order valence-corrected chi connectivity index (χ4v) is 3.79. The van der Waals surface area contributed by atoms with Crippen molar-refractivity contribution in [3.05, 3.63) is 0 Å². The molecule has 3 rings (SSSR count). The van der Waals surface area contributed by atoms with Crippen molar-refractivity contribution in [2.75, 3.05) is 19.6 Å². The first-order valence-corrected chi connectivity index (χ1v) is 6.84. The van der Waals surface area contributed by atoms with Gasteiger partial charge in [-0.3, -0.25) is 4.79 Å². The van der Waals surface area contributed by atoms with E-state index in [0.29, 0.717) is 25.0 Å². The second-order valence-electron chi connectivity index (χ2n) is 6.09. The van der Waals surface area contributed by atoms with E-state index >= 15 is 0 Å². The van der Waals surface area contributed by atoms with Crippen LogP contribution in [0.5, 0.6) is 0 Å². The zero-order valence-electron chi connectivity index (χ0n) is 10.7. The Labute approximate surface area is 107 Å². The molecule has 1 aliphatic carbocycles. The molecule has 0 spiro atoms. The lowest BCUT2D eigenvalue weighted by atomic mass is 9.99. The Morgan fingerprint density at radius 2 is 1.94 bits per heavy atom. The summed E-state index contributed by atoms with van der Waals surface area (Å²) in [6, 6.07) is 0.486. The number of likely N-dealkylation sites (tertiary alicyclic amines) is 2. The van der Waals surface area contributed by atoms with Gasteiger partial charge in [0.15, 0.2) is 0 Å². The lowest BCUT2D eigenvalue weighted by molar-refractivity contribution is -0.142. The van der Waals surface area contributed by atoms with Gasteiger partial charge in [-0.15, -0.1) is 0 Å². The van der Waals surface area contributed by atoms with Gasteiger partial charge in [0.2, 0.25) is 0 Å². The number of carbonyl (C=O) groups is 2. The molecule has 3 aliphatic rings. The topological polar surface area (TPSA) is 60.9 Å². The van der Waals surface area contributed by atoms with E-state index in [1.54, 1.807) is 4.90 Å². The molecule has 2 unspecified atom stereocenters. The Kier molecular flexibility index (Phi) is 2.72. The minimum absolute atomic E-state index is 0.0613. The Bertz CT molecular complexity index is 384. The van der Waals surface area contributed by atoms with Crippen LogP contribution < -0.4 is 0 Å². The lowest BCUT2D eigenvalue weighted by Gasteiger charge is -2.31. The van der Waals surface area contributed by atoms with Crippen LogP contribution in [0.1, 0.15) is 26.2 Å². The van der Waals surface area contributed by atoms with Crippen molar-refractivity contribution in [1.29, 1.82) is 0 Å².